The molecule has 0 spiro atoms. The second kappa shape index (κ2) is 6.75. The second-order valence-electron chi connectivity index (χ2n) is 7.87. The van der Waals surface area contributed by atoms with E-state index in [1.807, 2.05) is 13.0 Å². The van der Waals surface area contributed by atoms with Crippen molar-refractivity contribution in [2.45, 2.75) is 46.1 Å². The van der Waals surface area contributed by atoms with E-state index in [0.717, 1.165) is 34.7 Å². The van der Waals surface area contributed by atoms with Crippen LogP contribution in [-0.4, -0.2) is 34.3 Å². The zero-order valence-corrected chi connectivity index (χ0v) is 16.8. The predicted octanol–water partition coefficient (Wildman–Crippen LogP) is 3.46. The number of benzene rings is 1. The fourth-order valence-electron chi connectivity index (χ4n) is 4.67. The summed E-state index contributed by atoms with van der Waals surface area (Å²) in [6.45, 7) is 6.67. The lowest BCUT2D eigenvalue weighted by Gasteiger charge is -2.25. The van der Waals surface area contributed by atoms with Crippen LogP contribution < -0.4 is 5.73 Å². The highest BCUT2D eigenvalue weighted by molar-refractivity contribution is 7.15. The molecule has 3 atom stereocenters. The number of aryl methyl sites for hydroxylation is 3. The Hall–Kier alpha value is -2.21. The molecule has 3 unspecified atom stereocenters. The van der Waals surface area contributed by atoms with E-state index in [1.54, 1.807) is 4.90 Å². The van der Waals surface area contributed by atoms with Crippen molar-refractivity contribution >= 4 is 23.2 Å². The lowest BCUT2D eigenvalue weighted by atomic mass is 9.93. The lowest BCUT2D eigenvalue weighted by Crippen LogP contribution is -2.46. The molecule has 2 aliphatic rings. The first-order valence-electron chi connectivity index (χ1n) is 9.52. The normalized spacial score (nSPS) is 24.3. The van der Waals surface area contributed by atoms with E-state index < -0.39 is 11.9 Å². The average Bonchev–Trinajstić information content (AvgIpc) is 3.29. The number of aromatic nitrogens is 1. The number of carbonyl (C=O) groups is 2. The zero-order valence-electron chi connectivity index (χ0n) is 16.0. The van der Waals surface area contributed by atoms with Gasteiger partial charge in [-0.15, -0.1) is 11.3 Å². The van der Waals surface area contributed by atoms with Gasteiger partial charge in [-0.05, 0) is 62.1 Å². The minimum Gasteiger partial charge on any atom is -0.368 e. The Morgan fingerprint density at radius 2 is 1.96 bits per heavy atom. The zero-order chi connectivity index (χ0) is 19.3. The number of nitrogens with two attached hydrogens (primary N) is 1. The first-order chi connectivity index (χ1) is 12.9. The van der Waals surface area contributed by atoms with Crippen LogP contribution in [0, 0.1) is 32.6 Å². The van der Waals surface area contributed by atoms with Gasteiger partial charge in [0.2, 0.25) is 5.91 Å². The summed E-state index contributed by atoms with van der Waals surface area (Å²) in [7, 11) is 0. The van der Waals surface area contributed by atoms with Gasteiger partial charge in [0.25, 0.3) is 5.91 Å². The summed E-state index contributed by atoms with van der Waals surface area (Å²) >= 11 is 1.53. The highest BCUT2D eigenvalue weighted by atomic mass is 32.1. The van der Waals surface area contributed by atoms with E-state index in [1.165, 1.54) is 22.5 Å². The van der Waals surface area contributed by atoms with Gasteiger partial charge in [0.1, 0.15) is 11.7 Å². The molecule has 0 radical (unpaired) electrons. The maximum absolute atomic E-state index is 13.4. The van der Waals surface area contributed by atoms with Crippen LogP contribution in [0.1, 0.15) is 45.9 Å². The standard InChI is InChI=1S/C21H25N3O2S/c1-11-7-8-14(9-12(11)2)19-17(23-13(3)27-19)21(26)24-10-15-5-4-6-16(15)18(24)20(22)25/h7-9,15-16,18H,4-6,10H2,1-3H3,(H2,22,25). The Balaban J connectivity index is 1.72. The molecule has 2 aromatic rings. The topological polar surface area (TPSA) is 76.3 Å². The van der Waals surface area contributed by atoms with Crippen LogP contribution in [0.4, 0.5) is 0 Å². The number of amides is 2. The smallest absolute Gasteiger partial charge is 0.274 e. The summed E-state index contributed by atoms with van der Waals surface area (Å²) in [6, 6.07) is 5.71. The summed E-state index contributed by atoms with van der Waals surface area (Å²) < 4.78 is 0. The van der Waals surface area contributed by atoms with Crippen LogP contribution in [0.3, 0.4) is 0 Å². The van der Waals surface area contributed by atoms with Crippen molar-refractivity contribution in [3.05, 3.63) is 40.0 Å². The highest BCUT2D eigenvalue weighted by Gasteiger charge is 2.49. The molecular weight excluding hydrogens is 358 g/mol. The Morgan fingerprint density at radius 3 is 2.67 bits per heavy atom. The Kier molecular flexibility index (Phi) is 4.54. The van der Waals surface area contributed by atoms with Crippen LogP contribution in [0.5, 0.6) is 0 Å². The van der Waals surface area contributed by atoms with Gasteiger partial charge in [-0.3, -0.25) is 9.59 Å². The fourth-order valence-corrected chi connectivity index (χ4v) is 5.57. The molecule has 142 valence electrons. The Labute approximate surface area is 163 Å². The van der Waals surface area contributed by atoms with E-state index in [0.29, 0.717) is 18.2 Å². The largest absolute Gasteiger partial charge is 0.368 e. The van der Waals surface area contributed by atoms with Gasteiger partial charge in [-0.2, -0.15) is 0 Å². The van der Waals surface area contributed by atoms with Crippen molar-refractivity contribution in [2.24, 2.45) is 17.6 Å². The van der Waals surface area contributed by atoms with E-state index >= 15 is 0 Å². The molecule has 2 N–H and O–H groups in total. The van der Waals surface area contributed by atoms with Crippen LogP contribution in [0.25, 0.3) is 10.4 Å². The molecule has 6 heteroatoms. The molecule has 1 saturated carbocycles. The average molecular weight is 384 g/mol. The summed E-state index contributed by atoms with van der Waals surface area (Å²) in [5, 5.41) is 0.849. The van der Waals surface area contributed by atoms with Gasteiger partial charge in [-0.25, -0.2) is 4.98 Å². The molecule has 0 bridgehead atoms. The third kappa shape index (κ3) is 3.06. The number of primary amides is 1. The summed E-state index contributed by atoms with van der Waals surface area (Å²) in [4.78, 5) is 32.7. The molecule has 1 saturated heterocycles. The number of carbonyl (C=O) groups excluding carboxylic acids is 2. The van der Waals surface area contributed by atoms with Crippen molar-refractivity contribution in [1.82, 2.24) is 9.88 Å². The molecule has 1 aliphatic heterocycles. The van der Waals surface area contributed by atoms with E-state index in [2.05, 4.69) is 31.0 Å². The quantitative estimate of drug-likeness (QED) is 0.882. The molecule has 1 aromatic heterocycles. The van der Waals surface area contributed by atoms with Crippen molar-refractivity contribution in [3.63, 3.8) is 0 Å². The fraction of sp³-hybridized carbons (Fsp3) is 0.476. The second-order valence-corrected chi connectivity index (χ2v) is 9.07. The van der Waals surface area contributed by atoms with E-state index in [9.17, 15) is 9.59 Å². The summed E-state index contributed by atoms with van der Waals surface area (Å²) in [6.07, 6.45) is 3.16. The van der Waals surface area contributed by atoms with Gasteiger partial charge >= 0.3 is 0 Å². The number of nitrogens with zero attached hydrogens (tertiary/aromatic N) is 2. The van der Waals surface area contributed by atoms with Crippen molar-refractivity contribution in [3.8, 4) is 10.4 Å². The number of hydrogen-bond donors (Lipinski definition) is 1. The number of rotatable bonds is 3. The van der Waals surface area contributed by atoms with Crippen LogP contribution in [0.15, 0.2) is 18.2 Å². The Bertz CT molecular complexity index is 920. The van der Waals surface area contributed by atoms with Crippen molar-refractivity contribution in [1.29, 1.82) is 0 Å². The molecular formula is C21H25N3O2S. The Morgan fingerprint density at radius 1 is 1.19 bits per heavy atom. The monoisotopic (exact) mass is 383 g/mol. The van der Waals surface area contributed by atoms with Gasteiger partial charge in [0.05, 0.1) is 9.88 Å². The van der Waals surface area contributed by atoms with Gasteiger partial charge in [-0.1, -0.05) is 24.6 Å². The number of fused-ring (bicyclic) bond motifs is 1. The SMILES string of the molecule is Cc1nc(C(=O)N2CC3CCCC3C2C(N)=O)c(-c2ccc(C)c(C)c2)s1. The number of likely N-dealkylation sites (tertiary alicyclic amines) is 1. The maximum Gasteiger partial charge on any atom is 0.274 e. The molecule has 2 amide bonds. The lowest BCUT2D eigenvalue weighted by molar-refractivity contribution is -0.122. The van der Waals surface area contributed by atoms with Crippen LogP contribution in [-0.2, 0) is 4.79 Å². The number of thiazole rings is 1. The molecule has 5 nitrogen and oxygen atoms in total. The highest BCUT2D eigenvalue weighted by Crippen LogP contribution is 2.43. The molecule has 2 heterocycles. The molecule has 27 heavy (non-hydrogen) atoms. The molecule has 4 rings (SSSR count). The van der Waals surface area contributed by atoms with Crippen molar-refractivity contribution in [2.75, 3.05) is 6.54 Å². The first-order valence-corrected chi connectivity index (χ1v) is 10.3. The number of hydrogen-bond acceptors (Lipinski definition) is 4. The predicted molar refractivity (Wildman–Crippen MR) is 107 cm³/mol. The maximum atomic E-state index is 13.4. The van der Waals surface area contributed by atoms with Gasteiger partial charge in [0, 0.05) is 6.54 Å². The molecule has 1 aliphatic carbocycles. The van der Waals surface area contributed by atoms with Crippen molar-refractivity contribution < 1.29 is 9.59 Å². The van der Waals surface area contributed by atoms with Crippen LogP contribution >= 0.6 is 11.3 Å². The van der Waals surface area contributed by atoms with E-state index in [4.69, 9.17) is 5.73 Å². The third-order valence-electron chi connectivity index (χ3n) is 6.15. The minimum absolute atomic E-state index is 0.161. The van der Waals surface area contributed by atoms with Crippen LogP contribution in [0.2, 0.25) is 0 Å². The molecule has 1 aromatic carbocycles. The minimum atomic E-state index is -0.500. The van der Waals surface area contributed by atoms with E-state index in [-0.39, 0.29) is 11.8 Å². The summed E-state index contributed by atoms with van der Waals surface area (Å²) in [5.41, 5.74) is 9.55. The van der Waals surface area contributed by atoms with Gasteiger partial charge in [0.15, 0.2) is 0 Å². The third-order valence-corrected chi connectivity index (χ3v) is 7.17. The van der Waals surface area contributed by atoms with Gasteiger partial charge < -0.3 is 10.6 Å². The first kappa shape index (κ1) is 18.2. The summed E-state index contributed by atoms with van der Waals surface area (Å²) in [5.74, 6) is 0.0377. The molecule has 2 fully saturated rings.